The Balaban J connectivity index is 3.45. The first-order valence-electron chi connectivity index (χ1n) is 4.15. The molecule has 0 rings (SSSR count). The second kappa shape index (κ2) is 6.46. The molecule has 72 valence electrons. The minimum Gasteiger partial charge on any atom is -0.393 e. The first-order chi connectivity index (χ1) is 5.56. The number of hydrogen-bond acceptors (Lipinski definition) is 2. The quantitative estimate of drug-likeness (QED) is 0.508. The zero-order valence-corrected chi connectivity index (χ0v) is 8.64. The second-order valence-corrected chi connectivity index (χ2v) is 3.53. The van der Waals surface area contributed by atoms with Crippen LogP contribution >= 0.6 is 11.6 Å². The van der Waals surface area contributed by atoms with Crippen LogP contribution in [0, 0.1) is 0 Å². The fourth-order valence-electron chi connectivity index (χ4n) is 0.910. The van der Waals surface area contributed by atoms with Crippen molar-refractivity contribution in [2.24, 2.45) is 0 Å². The molecular weight excluding hydrogens is 174 g/mol. The van der Waals surface area contributed by atoms with Crippen LogP contribution in [0.1, 0.15) is 13.3 Å². The molecule has 0 heterocycles. The molecule has 0 aliphatic carbocycles. The topological polar surface area (TPSA) is 23.5 Å². The van der Waals surface area contributed by atoms with Crippen molar-refractivity contribution in [3.05, 3.63) is 12.2 Å². The largest absolute Gasteiger partial charge is 0.393 e. The smallest absolute Gasteiger partial charge is 0.0524 e. The fourth-order valence-corrected chi connectivity index (χ4v) is 0.995. The Morgan fingerprint density at radius 1 is 1.67 bits per heavy atom. The number of aliphatic hydroxyl groups is 1. The average Bonchev–Trinajstić information content (AvgIpc) is 2.00. The summed E-state index contributed by atoms with van der Waals surface area (Å²) in [6.45, 7) is 7.30. The monoisotopic (exact) mass is 191 g/mol. The molecule has 0 saturated heterocycles. The van der Waals surface area contributed by atoms with Gasteiger partial charge < -0.3 is 10.0 Å². The molecule has 3 heteroatoms. The maximum atomic E-state index is 9.02. The average molecular weight is 192 g/mol. The molecule has 0 aromatic carbocycles. The summed E-state index contributed by atoms with van der Waals surface area (Å²) in [7, 11) is 2.00. The Hall–Kier alpha value is -0.0500. The van der Waals surface area contributed by atoms with E-state index >= 15 is 0 Å². The van der Waals surface area contributed by atoms with Crippen molar-refractivity contribution in [2.75, 3.05) is 26.0 Å². The predicted octanol–water partition coefficient (Wildman–Crippen LogP) is 1.48. The molecule has 0 aliphatic rings. The van der Waals surface area contributed by atoms with E-state index in [0.29, 0.717) is 5.88 Å². The first-order valence-corrected chi connectivity index (χ1v) is 4.69. The highest BCUT2D eigenvalue weighted by Crippen LogP contribution is 1.99. The molecular formula is C9H18ClNO. The van der Waals surface area contributed by atoms with Gasteiger partial charge in [-0.2, -0.15) is 0 Å². The summed E-state index contributed by atoms with van der Waals surface area (Å²) in [5.74, 6) is 0.513. The predicted molar refractivity (Wildman–Crippen MR) is 53.7 cm³/mol. The van der Waals surface area contributed by atoms with Crippen LogP contribution in [0.4, 0.5) is 0 Å². The zero-order chi connectivity index (χ0) is 9.56. The highest BCUT2D eigenvalue weighted by Gasteiger charge is 2.02. The lowest BCUT2D eigenvalue weighted by Crippen LogP contribution is -2.24. The summed E-state index contributed by atoms with van der Waals surface area (Å²) < 4.78 is 0. The Morgan fingerprint density at radius 2 is 2.25 bits per heavy atom. The van der Waals surface area contributed by atoms with Crippen molar-refractivity contribution < 1.29 is 5.11 Å². The van der Waals surface area contributed by atoms with E-state index in [2.05, 4.69) is 11.5 Å². The van der Waals surface area contributed by atoms with Crippen molar-refractivity contribution in [2.45, 2.75) is 19.4 Å². The van der Waals surface area contributed by atoms with Gasteiger partial charge >= 0.3 is 0 Å². The Labute approximate surface area is 79.8 Å². The van der Waals surface area contributed by atoms with Crippen molar-refractivity contribution in [1.82, 2.24) is 4.90 Å². The Bertz CT molecular complexity index is 136. The van der Waals surface area contributed by atoms with E-state index in [1.54, 1.807) is 6.92 Å². The van der Waals surface area contributed by atoms with Gasteiger partial charge in [0.05, 0.1) is 6.10 Å². The Morgan fingerprint density at radius 3 is 2.67 bits per heavy atom. The Kier molecular flexibility index (Phi) is 6.44. The molecule has 1 unspecified atom stereocenters. The molecule has 0 amide bonds. The van der Waals surface area contributed by atoms with E-state index in [1.165, 1.54) is 0 Å². The molecule has 0 aromatic heterocycles. The molecule has 0 saturated carbocycles. The number of likely N-dealkylation sites (N-methyl/N-ethyl adjacent to an activating group) is 1. The molecule has 12 heavy (non-hydrogen) atoms. The van der Waals surface area contributed by atoms with Crippen molar-refractivity contribution in [3.63, 3.8) is 0 Å². The molecule has 1 N–H and O–H groups in total. The summed E-state index contributed by atoms with van der Waals surface area (Å²) in [4.78, 5) is 2.11. The van der Waals surface area contributed by atoms with E-state index in [0.717, 1.165) is 25.1 Å². The van der Waals surface area contributed by atoms with Crippen LogP contribution in [0.15, 0.2) is 12.2 Å². The molecule has 0 spiro atoms. The van der Waals surface area contributed by atoms with Crippen molar-refractivity contribution in [3.8, 4) is 0 Å². The van der Waals surface area contributed by atoms with Crippen LogP contribution in [-0.2, 0) is 0 Å². The SMILES string of the molecule is C=C(CCl)CN(C)CCC(C)O. The van der Waals surface area contributed by atoms with Gasteiger partial charge in [0.25, 0.3) is 0 Å². The van der Waals surface area contributed by atoms with E-state index < -0.39 is 0 Å². The summed E-state index contributed by atoms with van der Waals surface area (Å²) in [6.07, 6.45) is 0.572. The lowest BCUT2D eigenvalue weighted by molar-refractivity contribution is 0.167. The van der Waals surface area contributed by atoms with Gasteiger partial charge in [-0.3, -0.25) is 0 Å². The van der Waals surface area contributed by atoms with E-state index in [4.69, 9.17) is 16.7 Å². The summed E-state index contributed by atoms with van der Waals surface area (Å²) in [5, 5.41) is 9.02. The second-order valence-electron chi connectivity index (χ2n) is 3.26. The normalized spacial score (nSPS) is 13.4. The molecule has 0 aliphatic heterocycles. The van der Waals surface area contributed by atoms with Gasteiger partial charge in [0.2, 0.25) is 0 Å². The number of halogens is 1. The third-order valence-corrected chi connectivity index (χ3v) is 1.99. The summed E-state index contributed by atoms with van der Waals surface area (Å²) in [5.41, 5.74) is 1.02. The minimum absolute atomic E-state index is 0.225. The van der Waals surface area contributed by atoms with Crippen LogP contribution in [-0.4, -0.2) is 42.1 Å². The maximum Gasteiger partial charge on any atom is 0.0524 e. The molecule has 0 bridgehead atoms. The molecule has 0 aromatic rings. The number of hydrogen-bond donors (Lipinski definition) is 1. The zero-order valence-electron chi connectivity index (χ0n) is 7.89. The number of aliphatic hydroxyl groups excluding tert-OH is 1. The van der Waals surface area contributed by atoms with Crippen molar-refractivity contribution >= 4 is 11.6 Å². The number of nitrogens with zero attached hydrogens (tertiary/aromatic N) is 1. The lowest BCUT2D eigenvalue weighted by atomic mass is 10.2. The van der Waals surface area contributed by atoms with Gasteiger partial charge in [-0.05, 0) is 26.0 Å². The van der Waals surface area contributed by atoms with E-state index in [9.17, 15) is 0 Å². The van der Waals surface area contributed by atoms with E-state index in [-0.39, 0.29) is 6.10 Å². The third-order valence-electron chi connectivity index (χ3n) is 1.61. The molecule has 0 fully saturated rings. The van der Waals surface area contributed by atoms with Crippen LogP contribution < -0.4 is 0 Å². The lowest BCUT2D eigenvalue weighted by Gasteiger charge is -2.17. The first kappa shape index (κ1) is 11.9. The van der Waals surface area contributed by atoms with Gasteiger partial charge in [-0.15, -0.1) is 11.6 Å². The minimum atomic E-state index is -0.225. The van der Waals surface area contributed by atoms with Gasteiger partial charge in [-0.25, -0.2) is 0 Å². The van der Waals surface area contributed by atoms with Gasteiger partial charge in [0, 0.05) is 19.0 Å². The van der Waals surface area contributed by atoms with Crippen LogP contribution in [0.3, 0.4) is 0 Å². The van der Waals surface area contributed by atoms with Gasteiger partial charge in [0.1, 0.15) is 0 Å². The third kappa shape index (κ3) is 6.65. The number of alkyl halides is 1. The van der Waals surface area contributed by atoms with Crippen LogP contribution in [0.25, 0.3) is 0 Å². The van der Waals surface area contributed by atoms with Crippen molar-refractivity contribution in [1.29, 1.82) is 0 Å². The standard InChI is InChI=1S/C9H18ClNO/c1-8(6-10)7-11(3)5-4-9(2)12/h9,12H,1,4-7H2,2-3H3. The molecule has 0 radical (unpaired) electrons. The summed E-state index contributed by atoms with van der Waals surface area (Å²) in [6, 6.07) is 0. The fraction of sp³-hybridized carbons (Fsp3) is 0.778. The van der Waals surface area contributed by atoms with Crippen LogP contribution in [0.5, 0.6) is 0 Å². The number of rotatable bonds is 6. The highest BCUT2D eigenvalue weighted by atomic mass is 35.5. The molecule has 2 nitrogen and oxygen atoms in total. The van der Waals surface area contributed by atoms with E-state index in [1.807, 2.05) is 7.05 Å². The maximum absolute atomic E-state index is 9.02. The summed E-state index contributed by atoms with van der Waals surface area (Å²) >= 11 is 5.58. The van der Waals surface area contributed by atoms with Gasteiger partial charge in [-0.1, -0.05) is 6.58 Å². The van der Waals surface area contributed by atoms with Gasteiger partial charge in [0.15, 0.2) is 0 Å². The van der Waals surface area contributed by atoms with Crippen LogP contribution in [0.2, 0.25) is 0 Å². The molecule has 1 atom stereocenters. The highest BCUT2D eigenvalue weighted by molar-refractivity contribution is 6.19.